The molecule has 2 aliphatic rings. The van der Waals surface area contributed by atoms with Crippen molar-refractivity contribution >= 4 is 23.5 Å². The molecule has 2 aromatic rings. The Labute approximate surface area is 162 Å². The molecule has 0 saturated carbocycles. The van der Waals surface area contributed by atoms with Crippen LogP contribution in [0.4, 0.5) is 0 Å². The average molecular weight is 388 g/mol. The van der Waals surface area contributed by atoms with Crippen molar-refractivity contribution in [3.05, 3.63) is 46.2 Å². The van der Waals surface area contributed by atoms with E-state index in [0.717, 1.165) is 49.0 Å². The summed E-state index contributed by atoms with van der Waals surface area (Å²) < 4.78 is 1.84. The Kier molecular flexibility index (Phi) is 4.91. The number of halogens is 1. The van der Waals surface area contributed by atoms with Crippen LogP contribution in [-0.2, 0) is 17.6 Å². The molecule has 0 radical (unpaired) electrons. The second kappa shape index (κ2) is 7.35. The van der Waals surface area contributed by atoms with Gasteiger partial charge >= 0.3 is 5.97 Å². The predicted octanol–water partition coefficient (Wildman–Crippen LogP) is 3.48. The molecule has 1 aromatic carbocycles. The summed E-state index contributed by atoms with van der Waals surface area (Å²) >= 11 is 6.01. The maximum atomic E-state index is 13.2. The number of carboxylic acid groups (broad SMARTS) is 1. The number of carbonyl (C=O) groups is 2. The van der Waals surface area contributed by atoms with Crippen LogP contribution in [0.1, 0.15) is 53.8 Å². The molecular weight excluding hydrogens is 366 g/mol. The molecule has 4 rings (SSSR count). The van der Waals surface area contributed by atoms with E-state index in [1.807, 2.05) is 28.9 Å². The number of carbonyl (C=O) groups excluding carboxylic acids is 1. The molecule has 1 aromatic heterocycles. The molecule has 1 fully saturated rings. The molecule has 0 spiro atoms. The Balaban J connectivity index is 1.77. The highest BCUT2D eigenvalue weighted by Gasteiger charge is 2.37. The number of fused-ring (bicyclic) bond motifs is 1. The van der Waals surface area contributed by atoms with Gasteiger partial charge in [-0.1, -0.05) is 18.0 Å². The van der Waals surface area contributed by atoms with Crippen molar-refractivity contribution in [1.29, 1.82) is 0 Å². The lowest BCUT2D eigenvalue weighted by Crippen LogP contribution is -2.41. The summed E-state index contributed by atoms with van der Waals surface area (Å²) in [4.78, 5) is 26.2. The average Bonchev–Trinajstić information content (AvgIpc) is 3.21. The van der Waals surface area contributed by atoms with Crippen molar-refractivity contribution in [2.24, 2.45) is 0 Å². The van der Waals surface area contributed by atoms with Crippen LogP contribution in [0.2, 0.25) is 5.02 Å². The van der Waals surface area contributed by atoms with Gasteiger partial charge in [0.2, 0.25) is 0 Å². The molecule has 27 heavy (non-hydrogen) atoms. The summed E-state index contributed by atoms with van der Waals surface area (Å²) in [6.07, 6.45) is 6.06. The van der Waals surface area contributed by atoms with Gasteiger partial charge in [-0.3, -0.25) is 4.79 Å². The number of amides is 1. The predicted molar refractivity (Wildman–Crippen MR) is 102 cm³/mol. The van der Waals surface area contributed by atoms with E-state index < -0.39 is 12.0 Å². The highest BCUT2D eigenvalue weighted by atomic mass is 35.5. The van der Waals surface area contributed by atoms with E-state index in [9.17, 15) is 14.7 Å². The minimum absolute atomic E-state index is 0.259. The number of hydrogen-bond donors (Lipinski definition) is 1. The number of likely N-dealkylation sites (tertiary alicyclic amines) is 1. The number of hydrogen-bond acceptors (Lipinski definition) is 3. The number of rotatable bonds is 3. The Hall–Kier alpha value is -2.34. The van der Waals surface area contributed by atoms with Crippen LogP contribution in [0.25, 0.3) is 5.69 Å². The van der Waals surface area contributed by atoms with Crippen molar-refractivity contribution in [2.75, 3.05) is 6.54 Å². The Morgan fingerprint density at radius 2 is 1.81 bits per heavy atom. The maximum Gasteiger partial charge on any atom is 0.326 e. The van der Waals surface area contributed by atoms with Crippen LogP contribution in [0.5, 0.6) is 0 Å². The largest absolute Gasteiger partial charge is 0.480 e. The molecule has 0 unspecified atom stereocenters. The van der Waals surface area contributed by atoms with E-state index in [0.29, 0.717) is 30.1 Å². The van der Waals surface area contributed by atoms with Crippen LogP contribution in [0, 0.1) is 0 Å². The summed E-state index contributed by atoms with van der Waals surface area (Å²) in [7, 11) is 0. The number of aliphatic carboxylic acids is 1. The maximum absolute atomic E-state index is 13.2. The monoisotopic (exact) mass is 387 g/mol. The number of benzene rings is 1. The van der Waals surface area contributed by atoms with Crippen LogP contribution >= 0.6 is 11.6 Å². The molecule has 7 heteroatoms. The summed E-state index contributed by atoms with van der Waals surface area (Å²) in [6.45, 7) is 0.471. The number of aromatic nitrogens is 2. The summed E-state index contributed by atoms with van der Waals surface area (Å²) in [5.74, 6) is -1.20. The number of nitrogens with zero attached hydrogens (tertiary/aromatic N) is 3. The van der Waals surface area contributed by atoms with E-state index in [-0.39, 0.29) is 5.91 Å². The first-order chi connectivity index (χ1) is 13.1. The van der Waals surface area contributed by atoms with Crippen LogP contribution in [-0.4, -0.2) is 44.3 Å². The zero-order valence-corrected chi connectivity index (χ0v) is 15.8. The van der Waals surface area contributed by atoms with E-state index in [2.05, 4.69) is 5.10 Å². The highest BCUT2D eigenvalue weighted by molar-refractivity contribution is 6.30. The van der Waals surface area contributed by atoms with E-state index in [4.69, 9.17) is 11.6 Å². The van der Waals surface area contributed by atoms with E-state index >= 15 is 0 Å². The topological polar surface area (TPSA) is 75.4 Å². The molecular formula is C20H22ClN3O3. The van der Waals surface area contributed by atoms with Gasteiger partial charge in [0.1, 0.15) is 6.04 Å². The molecule has 2 heterocycles. The Bertz CT molecular complexity index is 875. The van der Waals surface area contributed by atoms with Gasteiger partial charge in [0, 0.05) is 22.8 Å². The normalized spacial score (nSPS) is 19.6. The van der Waals surface area contributed by atoms with Gasteiger partial charge in [0.05, 0.1) is 5.69 Å². The van der Waals surface area contributed by atoms with E-state index in [1.54, 1.807) is 0 Å². The summed E-state index contributed by atoms with van der Waals surface area (Å²) in [5.41, 5.74) is 3.32. The second-order valence-corrected chi connectivity index (χ2v) is 7.65. The molecule has 1 atom stereocenters. The fourth-order valence-electron chi connectivity index (χ4n) is 4.15. The Morgan fingerprint density at radius 3 is 2.56 bits per heavy atom. The zero-order valence-electron chi connectivity index (χ0n) is 15.0. The minimum atomic E-state index is -0.941. The second-order valence-electron chi connectivity index (χ2n) is 7.22. The summed E-state index contributed by atoms with van der Waals surface area (Å²) in [5, 5.41) is 14.7. The third-order valence-electron chi connectivity index (χ3n) is 5.50. The quantitative estimate of drug-likeness (QED) is 0.818. The van der Waals surface area contributed by atoms with E-state index in [1.165, 1.54) is 4.90 Å². The van der Waals surface area contributed by atoms with Crippen molar-refractivity contribution in [3.63, 3.8) is 0 Å². The third-order valence-corrected chi connectivity index (χ3v) is 5.75. The van der Waals surface area contributed by atoms with Crippen molar-refractivity contribution in [1.82, 2.24) is 14.7 Å². The molecule has 1 saturated heterocycles. The van der Waals surface area contributed by atoms with Crippen molar-refractivity contribution < 1.29 is 14.7 Å². The molecule has 142 valence electrons. The fraction of sp³-hybridized carbons (Fsp3) is 0.450. The summed E-state index contributed by atoms with van der Waals surface area (Å²) in [6, 6.07) is 6.66. The first kappa shape index (κ1) is 18.0. The van der Waals surface area contributed by atoms with Gasteiger partial charge in [-0.25, -0.2) is 9.48 Å². The van der Waals surface area contributed by atoms with Gasteiger partial charge in [0.15, 0.2) is 5.69 Å². The standard InChI is InChI=1S/C20H22ClN3O3/c21-13-8-10-14(11-9-13)24-16-6-3-1-2-5-15(16)18(22-24)19(25)23-12-4-7-17(23)20(26)27/h8-11,17H,1-7,12H2,(H,26,27)/t17-/m1/s1. The molecule has 1 N–H and O–H groups in total. The lowest BCUT2D eigenvalue weighted by Gasteiger charge is -2.20. The molecule has 0 bridgehead atoms. The van der Waals surface area contributed by atoms with Crippen LogP contribution in [0.15, 0.2) is 24.3 Å². The van der Waals surface area contributed by atoms with Gasteiger partial charge in [0.25, 0.3) is 5.91 Å². The molecule has 1 aliphatic heterocycles. The smallest absolute Gasteiger partial charge is 0.326 e. The van der Waals surface area contributed by atoms with Gasteiger partial charge < -0.3 is 10.0 Å². The highest BCUT2D eigenvalue weighted by Crippen LogP contribution is 2.29. The van der Waals surface area contributed by atoms with Crippen LogP contribution in [0.3, 0.4) is 0 Å². The first-order valence-electron chi connectivity index (χ1n) is 9.47. The lowest BCUT2D eigenvalue weighted by molar-refractivity contribution is -0.141. The fourth-order valence-corrected chi connectivity index (χ4v) is 4.27. The van der Waals surface area contributed by atoms with Crippen LogP contribution < -0.4 is 0 Å². The SMILES string of the molecule is O=C(O)[C@H]1CCCN1C(=O)c1nn(-c2ccc(Cl)cc2)c2c1CCCCC2. The molecule has 1 aliphatic carbocycles. The Morgan fingerprint density at radius 1 is 1.07 bits per heavy atom. The van der Waals surface area contributed by atoms with Crippen molar-refractivity contribution in [2.45, 2.75) is 51.0 Å². The van der Waals surface area contributed by atoms with Gasteiger partial charge in [-0.2, -0.15) is 5.10 Å². The van der Waals surface area contributed by atoms with Gasteiger partial charge in [-0.15, -0.1) is 0 Å². The molecule has 1 amide bonds. The van der Waals surface area contributed by atoms with Gasteiger partial charge in [-0.05, 0) is 62.8 Å². The zero-order chi connectivity index (χ0) is 19.0. The third kappa shape index (κ3) is 3.34. The van der Waals surface area contributed by atoms with Crippen molar-refractivity contribution in [3.8, 4) is 5.69 Å². The molecule has 6 nitrogen and oxygen atoms in total. The number of carboxylic acids is 1. The first-order valence-corrected chi connectivity index (χ1v) is 9.84. The lowest BCUT2D eigenvalue weighted by atomic mass is 10.1. The minimum Gasteiger partial charge on any atom is -0.480 e.